The number of allylic oxidation sites excluding steroid dienone is 1. The van der Waals surface area contributed by atoms with Crippen LogP contribution in [0.15, 0.2) is 53.0 Å². The molecular weight excluding hydrogens is 320 g/mol. The van der Waals surface area contributed by atoms with Gasteiger partial charge in [-0.25, -0.2) is 0 Å². The SMILES string of the molecule is COc1cccc(C=CC(=O)c2cc(Br)ccc2O)c1. The summed E-state index contributed by atoms with van der Waals surface area (Å²) in [5, 5.41) is 9.69. The zero-order valence-corrected chi connectivity index (χ0v) is 12.4. The number of phenols is 1. The lowest BCUT2D eigenvalue weighted by Gasteiger charge is -2.02. The van der Waals surface area contributed by atoms with Crippen LogP contribution >= 0.6 is 15.9 Å². The smallest absolute Gasteiger partial charge is 0.189 e. The number of carbonyl (C=O) groups excluding carboxylic acids is 1. The number of benzene rings is 2. The minimum atomic E-state index is -0.258. The van der Waals surface area contributed by atoms with Gasteiger partial charge in [0.15, 0.2) is 5.78 Å². The minimum absolute atomic E-state index is 0.0338. The molecule has 2 aromatic rings. The quantitative estimate of drug-likeness (QED) is 0.678. The topological polar surface area (TPSA) is 46.5 Å². The first-order valence-electron chi connectivity index (χ1n) is 5.95. The van der Waals surface area contributed by atoms with Gasteiger partial charge in [0.25, 0.3) is 0 Å². The Morgan fingerprint density at radius 2 is 2.05 bits per heavy atom. The molecular formula is C16H13BrO3. The Hall–Kier alpha value is -2.07. The van der Waals surface area contributed by atoms with Gasteiger partial charge < -0.3 is 9.84 Å². The summed E-state index contributed by atoms with van der Waals surface area (Å²) >= 11 is 3.28. The van der Waals surface area contributed by atoms with E-state index in [2.05, 4.69) is 15.9 Å². The average Bonchev–Trinajstić information content (AvgIpc) is 2.47. The van der Waals surface area contributed by atoms with Crippen molar-refractivity contribution in [1.82, 2.24) is 0 Å². The lowest BCUT2D eigenvalue weighted by atomic mass is 10.1. The predicted octanol–water partition coefficient (Wildman–Crippen LogP) is 4.06. The molecule has 0 bridgehead atoms. The molecule has 20 heavy (non-hydrogen) atoms. The van der Waals surface area contributed by atoms with E-state index in [1.165, 1.54) is 12.1 Å². The number of carbonyl (C=O) groups is 1. The van der Waals surface area contributed by atoms with Gasteiger partial charge in [-0.05, 0) is 42.0 Å². The van der Waals surface area contributed by atoms with Crippen molar-refractivity contribution in [1.29, 1.82) is 0 Å². The van der Waals surface area contributed by atoms with Crippen LogP contribution in [0.25, 0.3) is 6.08 Å². The van der Waals surface area contributed by atoms with Crippen LogP contribution in [0.5, 0.6) is 11.5 Å². The number of rotatable bonds is 4. The summed E-state index contributed by atoms with van der Waals surface area (Å²) in [6.07, 6.45) is 3.11. The number of ether oxygens (including phenoxy) is 1. The van der Waals surface area contributed by atoms with Crippen LogP contribution in [-0.4, -0.2) is 18.0 Å². The van der Waals surface area contributed by atoms with E-state index >= 15 is 0 Å². The zero-order chi connectivity index (χ0) is 14.5. The van der Waals surface area contributed by atoms with E-state index in [-0.39, 0.29) is 17.1 Å². The molecule has 0 aliphatic heterocycles. The molecule has 0 heterocycles. The molecule has 0 atom stereocenters. The van der Waals surface area contributed by atoms with Crippen molar-refractivity contribution in [3.05, 3.63) is 64.1 Å². The second-order valence-corrected chi connectivity index (χ2v) is 5.05. The van der Waals surface area contributed by atoms with Crippen LogP contribution in [0.2, 0.25) is 0 Å². The molecule has 3 nitrogen and oxygen atoms in total. The van der Waals surface area contributed by atoms with E-state index in [1.807, 2.05) is 24.3 Å². The molecule has 2 aromatic carbocycles. The Morgan fingerprint density at radius 1 is 1.25 bits per heavy atom. The van der Waals surface area contributed by atoms with Gasteiger partial charge in [0, 0.05) is 4.47 Å². The summed E-state index contributed by atoms with van der Waals surface area (Å²) in [7, 11) is 1.59. The fraction of sp³-hybridized carbons (Fsp3) is 0.0625. The first-order valence-corrected chi connectivity index (χ1v) is 6.74. The number of ketones is 1. The Bertz CT molecular complexity index is 663. The van der Waals surface area contributed by atoms with E-state index < -0.39 is 0 Å². The third kappa shape index (κ3) is 3.48. The monoisotopic (exact) mass is 332 g/mol. The van der Waals surface area contributed by atoms with Gasteiger partial charge in [-0.15, -0.1) is 0 Å². The molecule has 0 unspecified atom stereocenters. The highest BCUT2D eigenvalue weighted by molar-refractivity contribution is 9.10. The number of methoxy groups -OCH3 is 1. The largest absolute Gasteiger partial charge is 0.507 e. The van der Waals surface area contributed by atoms with Crippen LogP contribution < -0.4 is 4.74 Å². The van der Waals surface area contributed by atoms with E-state index in [9.17, 15) is 9.90 Å². The molecule has 0 aliphatic carbocycles. The highest BCUT2D eigenvalue weighted by Crippen LogP contribution is 2.23. The predicted molar refractivity (Wildman–Crippen MR) is 82.2 cm³/mol. The third-order valence-corrected chi connectivity index (χ3v) is 3.24. The number of hydrogen-bond donors (Lipinski definition) is 1. The van der Waals surface area contributed by atoms with Crippen molar-refractivity contribution in [3.63, 3.8) is 0 Å². The van der Waals surface area contributed by atoms with Crippen molar-refractivity contribution in [3.8, 4) is 11.5 Å². The first-order chi connectivity index (χ1) is 9.60. The van der Waals surface area contributed by atoms with Crippen LogP contribution in [0.3, 0.4) is 0 Å². The molecule has 0 fully saturated rings. The maximum absolute atomic E-state index is 12.0. The number of aromatic hydroxyl groups is 1. The molecule has 0 spiro atoms. The average molecular weight is 333 g/mol. The number of hydrogen-bond acceptors (Lipinski definition) is 3. The molecule has 0 saturated carbocycles. The molecule has 0 radical (unpaired) electrons. The van der Waals surface area contributed by atoms with E-state index in [1.54, 1.807) is 25.3 Å². The van der Waals surface area contributed by atoms with Gasteiger partial charge >= 0.3 is 0 Å². The fourth-order valence-electron chi connectivity index (χ4n) is 1.71. The first kappa shape index (κ1) is 14.3. The molecule has 0 amide bonds. The Kier molecular flexibility index (Phi) is 4.58. The molecule has 102 valence electrons. The summed E-state index contributed by atoms with van der Waals surface area (Å²) in [6, 6.07) is 12.1. The maximum Gasteiger partial charge on any atom is 0.189 e. The number of phenolic OH excluding ortho intramolecular Hbond substituents is 1. The lowest BCUT2D eigenvalue weighted by Crippen LogP contribution is -1.94. The summed E-state index contributed by atoms with van der Waals surface area (Å²) in [5.74, 6) is 0.435. The van der Waals surface area contributed by atoms with Crippen molar-refractivity contribution in [2.75, 3.05) is 7.11 Å². The van der Waals surface area contributed by atoms with Crippen LogP contribution in [-0.2, 0) is 0 Å². The normalized spacial score (nSPS) is 10.7. The van der Waals surface area contributed by atoms with Gasteiger partial charge in [-0.2, -0.15) is 0 Å². The van der Waals surface area contributed by atoms with Gasteiger partial charge in [0.1, 0.15) is 11.5 Å². The minimum Gasteiger partial charge on any atom is -0.507 e. The highest BCUT2D eigenvalue weighted by atomic mass is 79.9. The molecule has 4 heteroatoms. The second kappa shape index (κ2) is 6.39. The number of halogens is 1. The van der Waals surface area contributed by atoms with E-state index in [0.29, 0.717) is 0 Å². The maximum atomic E-state index is 12.0. The molecule has 0 aromatic heterocycles. The standard InChI is InChI=1S/C16H13BrO3/c1-20-13-4-2-3-11(9-13)5-7-15(18)14-10-12(17)6-8-16(14)19/h2-10,19H,1H3. The Morgan fingerprint density at radius 3 is 2.80 bits per heavy atom. The van der Waals surface area contributed by atoms with Crippen LogP contribution in [0, 0.1) is 0 Å². The fourth-order valence-corrected chi connectivity index (χ4v) is 2.07. The third-order valence-electron chi connectivity index (χ3n) is 2.75. The van der Waals surface area contributed by atoms with Gasteiger partial charge in [0.05, 0.1) is 12.7 Å². The second-order valence-electron chi connectivity index (χ2n) is 4.14. The molecule has 1 N–H and O–H groups in total. The van der Waals surface area contributed by atoms with Gasteiger partial charge in [-0.1, -0.05) is 34.1 Å². The van der Waals surface area contributed by atoms with Crippen molar-refractivity contribution in [2.45, 2.75) is 0 Å². The molecule has 0 aliphatic rings. The molecule has 2 rings (SSSR count). The highest BCUT2D eigenvalue weighted by Gasteiger charge is 2.08. The van der Waals surface area contributed by atoms with E-state index in [4.69, 9.17) is 4.74 Å². The van der Waals surface area contributed by atoms with E-state index in [0.717, 1.165) is 15.8 Å². The lowest BCUT2D eigenvalue weighted by molar-refractivity contribution is 0.104. The zero-order valence-electron chi connectivity index (χ0n) is 10.8. The van der Waals surface area contributed by atoms with Crippen molar-refractivity contribution < 1.29 is 14.6 Å². The summed E-state index contributed by atoms with van der Waals surface area (Å²) in [6.45, 7) is 0. The summed E-state index contributed by atoms with van der Waals surface area (Å²) in [5.41, 5.74) is 1.12. The molecule has 0 saturated heterocycles. The van der Waals surface area contributed by atoms with Crippen molar-refractivity contribution >= 4 is 27.8 Å². The van der Waals surface area contributed by atoms with Crippen LogP contribution in [0.4, 0.5) is 0 Å². The Balaban J connectivity index is 2.22. The van der Waals surface area contributed by atoms with Crippen molar-refractivity contribution in [2.24, 2.45) is 0 Å². The summed E-state index contributed by atoms with van der Waals surface area (Å²) < 4.78 is 5.86. The Labute approximate surface area is 125 Å². The van der Waals surface area contributed by atoms with Crippen LogP contribution in [0.1, 0.15) is 15.9 Å². The van der Waals surface area contributed by atoms with Gasteiger partial charge in [-0.3, -0.25) is 4.79 Å². The summed E-state index contributed by atoms with van der Waals surface area (Å²) in [4.78, 5) is 12.0. The van der Waals surface area contributed by atoms with Gasteiger partial charge in [0.2, 0.25) is 0 Å².